The van der Waals surface area contributed by atoms with Crippen LogP contribution in [0.2, 0.25) is 0 Å². The molecule has 0 unspecified atom stereocenters. The van der Waals surface area contributed by atoms with Gasteiger partial charge in [0.2, 0.25) is 0 Å². The lowest BCUT2D eigenvalue weighted by atomic mass is 9.98. The molecule has 0 saturated heterocycles. The molecule has 7 heteroatoms. The van der Waals surface area contributed by atoms with Crippen LogP contribution in [-0.2, 0) is 4.74 Å². The number of carboxylic acid groups (broad SMARTS) is 1. The molecular formula is C25H19F2NO4. The molecule has 162 valence electrons. The number of alkyl carbamates (subject to hydrolysis) is 1. The summed E-state index contributed by atoms with van der Waals surface area (Å²) in [6.45, 7) is 0.185. The second kappa shape index (κ2) is 9.01. The molecule has 5 nitrogen and oxygen atoms in total. The summed E-state index contributed by atoms with van der Waals surface area (Å²) in [6, 6.07) is 17.4. The molecule has 0 bridgehead atoms. The maximum Gasteiger partial charge on any atom is 0.407 e. The predicted molar refractivity (Wildman–Crippen MR) is 115 cm³/mol. The summed E-state index contributed by atoms with van der Waals surface area (Å²) >= 11 is 0. The first-order valence-corrected chi connectivity index (χ1v) is 9.93. The predicted octanol–water partition coefficient (Wildman–Crippen LogP) is 5.21. The first-order valence-electron chi connectivity index (χ1n) is 9.93. The van der Waals surface area contributed by atoms with Gasteiger partial charge in [-0.05, 0) is 39.9 Å². The topological polar surface area (TPSA) is 75.6 Å². The summed E-state index contributed by atoms with van der Waals surface area (Å²) in [5.41, 5.74) is 4.07. The van der Waals surface area contributed by atoms with Gasteiger partial charge in [0.15, 0.2) is 11.6 Å². The number of aromatic carboxylic acids is 1. The lowest BCUT2D eigenvalue weighted by Crippen LogP contribution is -2.26. The monoisotopic (exact) mass is 435 g/mol. The molecule has 0 heterocycles. The van der Waals surface area contributed by atoms with Crippen molar-refractivity contribution >= 4 is 18.1 Å². The molecule has 1 amide bonds. The largest absolute Gasteiger partial charge is 0.478 e. The van der Waals surface area contributed by atoms with Gasteiger partial charge >= 0.3 is 12.1 Å². The van der Waals surface area contributed by atoms with E-state index in [-0.39, 0.29) is 30.2 Å². The third kappa shape index (κ3) is 4.23. The third-order valence-electron chi connectivity index (χ3n) is 5.33. The van der Waals surface area contributed by atoms with Crippen LogP contribution in [0.15, 0.2) is 66.7 Å². The maximum absolute atomic E-state index is 13.4. The van der Waals surface area contributed by atoms with E-state index in [1.807, 2.05) is 48.5 Å². The molecule has 0 aromatic heterocycles. The van der Waals surface area contributed by atoms with Gasteiger partial charge in [-0.15, -0.1) is 0 Å². The second-order valence-electron chi connectivity index (χ2n) is 7.27. The van der Waals surface area contributed by atoms with Crippen LogP contribution >= 0.6 is 0 Å². The zero-order valence-electron chi connectivity index (χ0n) is 16.8. The average Bonchev–Trinajstić information content (AvgIpc) is 3.11. The molecule has 4 rings (SSSR count). The Bertz CT molecular complexity index is 1180. The van der Waals surface area contributed by atoms with E-state index in [4.69, 9.17) is 9.84 Å². The Morgan fingerprint density at radius 3 is 2.19 bits per heavy atom. The molecule has 3 aromatic rings. The Hall–Kier alpha value is -4.00. The SMILES string of the molecule is O=C(NCC=Cc1cc(F)c(F)cc1C(=O)O)OCC1c2ccccc2-c2ccccc21. The maximum atomic E-state index is 13.4. The number of fused-ring (bicyclic) bond motifs is 3. The number of amides is 1. The Labute approximate surface area is 183 Å². The first kappa shape index (κ1) is 21.2. The normalized spacial score (nSPS) is 12.4. The number of carbonyl (C=O) groups excluding carboxylic acids is 1. The van der Waals surface area contributed by atoms with Crippen molar-refractivity contribution in [2.24, 2.45) is 0 Å². The Balaban J connectivity index is 1.36. The number of carboxylic acids is 1. The summed E-state index contributed by atoms with van der Waals surface area (Å²) in [7, 11) is 0. The number of hydrogen-bond donors (Lipinski definition) is 2. The van der Waals surface area contributed by atoms with Crippen molar-refractivity contribution in [3.63, 3.8) is 0 Å². The zero-order chi connectivity index (χ0) is 22.7. The molecule has 0 radical (unpaired) electrons. The van der Waals surface area contributed by atoms with Gasteiger partial charge in [-0.1, -0.05) is 60.7 Å². The van der Waals surface area contributed by atoms with Gasteiger partial charge in [-0.25, -0.2) is 18.4 Å². The van der Waals surface area contributed by atoms with Gasteiger partial charge < -0.3 is 15.2 Å². The fourth-order valence-electron chi connectivity index (χ4n) is 3.86. The first-order chi connectivity index (χ1) is 15.5. The van der Waals surface area contributed by atoms with Crippen LogP contribution in [0.5, 0.6) is 0 Å². The van der Waals surface area contributed by atoms with Gasteiger partial charge in [-0.3, -0.25) is 0 Å². The minimum absolute atomic E-state index is 0.00858. The lowest BCUT2D eigenvalue weighted by Gasteiger charge is -2.14. The highest BCUT2D eigenvalue weighted by atomic mass is 19.2. The standard InChI is InChI=1S/C25H19F2NO4/c26-22-12-15(20(24(29)30)13-23(22)27)6-5-11-28-25(31)32-14-21-18-9-3-1-7-16(18)17-8-2-4-10-19(17)21/h1-10,12-13,21H,11,14H2,(H,28,31)(H,29,30). The average molecular weight is 435 g/mol. The number of ether oxygens (including phenoxy) is 1. The van der Waals surface area contributed by atoms with Crippen molar-refractivity contribution in [3.8, 4) is 11.1 Å². The van der Waals surface area contributed by atoms with Gasteiger partial charge in [0.05, 0.1) is 5.56 Å². The van der Waals surface area contributed by atoms with Crippen LogP contribution < -0.4 is 5.32 Å². The van der Waals surface area contributed by atoms with Crippen molar-refractivity contribution in [1.82, 2.24) is 5.32 Å². The summed E-state index contributed by atoms with van der Waals surface area (Å²) in [5, 5.41) is 11.7. The number of nitrogens with one attached hydrogen (secondary N) is 1. The van der Waals surface area contributed by atoms with E-state index in [1.54, 1.807) is 0 Å². The summed E-state index contributed by atoms with van der Waals surface area (Å²) in [6.07, 6.45) is 2.09. The smallest absolute Gasteiger partial charge is 0.407 e. The zero-order valence-corrected chi connectivity index (χ0v) is 16.8. The van der Waals surface area contributed by atoms with Crippen molar-refractivity contribution in [2.45, 2.75) is 5.92 Å². The summed E-state index contributed by atoms with van der Waals surface area (Å²) in [4.78, 5) is 23.3. The highest BCUT2D eigenvalue weighted by Gasteiger charge is 2.28. The van der Waals surface area contributed by atoms with Crippen LogP contribution in [0, 0.1) is 11.6 Å². The van der Waals surface area contributed by atoms with Crippen LogP contribution in [0.3, 0.4) is 0 Å². The van der Waals surface area contributed by atoms with E-state index < -0.39 is 23.7 Å². The highest BCUT2D eigenvalue weighted by Crippen LogP contribution is 2.44. The van der Waals surface area contributed by atoms with Crippen LogP contribution in [0.4, 0.5) is 13.6 Å². The van der Waals surface area contributed by atoms with Gasteiger partial charge in [0, 0.05) is 12.5 Å². The fraction of sp³-hybridized carbons (Fsp3) is 0.120. The molecule has 32 heavy (non-hydrogen) atoms. The Morgan fingerprint density at radius 1 is 0.969 bits per heavy atom. The quantitative estimate of drug-likeness (QED) is 0.557. The molecule has 3 aromatic carbocycles. The van der Waals surface area contributed by atoms with Crippen molar-refractivity contribution < 1.29 is 28.2 Å². The number of rotatable bonds is 6. The van der Waals surface area contributed by atoms with Gasteiger partial charge in [0.25, 0.3) is 0 Å². The van der Waals surface area contributed by atoms with Crippen LogP contribution in [0.25, 0.3) is 17.2 Å². The van der Waals surface area contributed by atoms with E-state index in [0.717, 1.165) is 28.3 Å². The number of hydrogen-bond acceptors (Lipinski definition) is 3. The molecule has 1 aliphatic carbocycles. The minimum atomic E-state index is -1.38. The molecule has 0 spiro atoms. The Kier molecular flexibility index (Phi) is 5.98. The van der Waals surface area contributed by atoms with E-state index in [0.29, 0.717) is 6.07 Å². The summed E-state index contributed by atoms with van der Waals surface area (Å²) in [5.74, 6) is -3.84. The number of benzene rings is 3. The molecule has 0 aliphatic heterocycles. The Morgan fingerprint density at radius 2 is 1.56 bits per heavy atom. The molecule has 0 atom stereocenters. The molecule has 0 fully saturated rings. The van der Waals surface area contributed by atoms with E-state index >= 15 is 0 Å². The number of carbonyl (C=O) groups is 2. The highest BCUT2D eigenvalue weighted by molar-refractivity contribution is 5.92. The van der Waals surface area contributed by atoms with E-state index in [9.17, 15) is 18.4 Å². The van der Waals surface area contributed by atoms with Crippen molar-refractivity contribution in [3.05, 3.63) is 101 Å². The van der Waals surface area contributed by atoms with Gasteiger partial charge in [0.1, 0.15) is 6.61 Å². The minimum Gasteiger partial charge on any atom is -0.478 e. The molecule has 1 aliphatic rings. The van der Waals surface area contributed by atoms with Crippen molar-refractivity contribution in [2.75, 3.05) is 13.2 Å². The van der Waals surface area contributed by atoms with E-state index in [1.165, 1.54) is 12.2 Å². The number of halogens is 2. The summed E-state index contributed by atoms with van der Waals surface area (Å²) < 4.78 is 32.1. The van der Waals surface area contributed by atoms with Crippen LogP contribution in [-0.4, -0.2) is 30.3 Å². The molecule has 0 saturated carbocycles. The second-order valence-corrected chi connectivity index (χ2v) is 7.27. The third-order valence-corrected chi connectivity index (χ3v) is 5.33. The van der Waals surface area contributed by atoms with E-state index in [2.05, 4.69) is 5.32 Å². The molecular weight excluding hydrogens is 416 g/mol. The van der Waals surface area contributed by atoms with Crippen molar-refractivity contribution in [1.29, 1.82) is 0 Å². The molecule has 2 N–H and O–H groups in total. The van der Waals surface area contributed by atoms with Gasteiger partial charge in [-0.2, -0.15) is 0 Å². The van der Waals surface area contributed by atoms with Crippen LogP contribution in [0.1, 0.15) is 33.0 Å². The lowest BCUT2D eigenvalue weighted by molar-refractivity contribution is 0.0696. The fourth-order valence-corrected chi connectivity index (χ4v) is 3.86.